The molecule has 0 saturated carbocycles. The highest BCUT2D eigenvalue weighted by Crippen LogP contribution is 2.35. The third-order valence-electron chi connectivity index (χ3n) is 5.70. The largest absolute Gasteiger partial charge is 0.493 e. The molecule has 33 heavy (non-hydrogen) atoms. The van der Waals surface area contributed by atoms with Crippen LogP contribution in [0.4, 0.5) is 5.13 Å². The molecule has 1 aliphatic heterocycles. The summed E-state index contributed by atoms with van der Waals surface area (Å²) in [6.07, 6.45) is 0.962. The second-order valence-electron chi connectivity index (χ2n) is 7.60. The number of carbonyl (C=O) groups excluding carboxylic acids is 1. The summed E-state index contributed by atoms with van der Waals surface area (Å²) < 4.78 is 17.5. The summed E-state index contributed by atoms with van der Waals surface area (Å²) >= 11 is 1.55. The van der Waals surface area contributed by atoms with Gasteiger partial charge >= 0.3 is 0 Å². The van der Waals surface area contributed by atoms with E-state index in [9.17, 15) is 4.79 Å². The van der Waals surface area contributed by atoms with Crippen LogP contribution in [0.5, 0.6) is 11.5 Å². The van der Waals surface area contributed by atoms with Crippen LogP contribution in [0.1, 0.15) is 22.8 Å². The van der Waals surface area contributed by atoms with E-state index < -0.39 is 0 Å². The summed E-state index contributed by atoms with van der Waals surface area (Å²) in [4.78, 5) is 22.7. The third-order valence-corrected chi connectivity index (χ3v) is 6.74. The van der Waals surface area contributed by atoms with E-state index in [4.69, 9.17) is 19.2 Å². The van der Waals surface area contributed by atoms with Gasteiger partial charge in [0.1, 0.15) is 0 Å². The van der Waals surface area contributed by atoms with Crippen molar-refractivity contribution in [3.63, 3.8) is 0 Å². The van der Waals surface area contributed by atoms with Gasteiger partial charge in [-0.05, 0) is 36.2 Å². The minimum Gasteiger partial charge on any atom is -0.493 e. The van der Waals surface area contributed by atoms with Gasteiger partial charge < -0.3 is 14.2 Å². The van der Waals surface area contributed by atoms with Crippen LogP contribution in [0.25, 0.3) is 10.2 Å². The number of fused-ring (bicyclic) bond motifs is 1. The number of morpholine rings is 1. The minimum atomic E-state index is -0.149. The maximum atomic E-state index is 13.8. The van der Waals surface area contributed by atoms with E-state index in [-0.39, 0.29) is 18.3 Å². The first kappa shape index (κ1) is 25.2. The Morgan fingerprint density at radius 3 is 2.67 bits per heavy atom. The molecule has 0 aliphatic carbocycles. The quantitative estimate of drug-likeness (QED) is 0.468. The first-order valence-corrected chi connectivity index (χ1v) is 11.7. The first-order valence-electron chi connectivity index (χ1n) is 10.9. The van der Waals surface area contributed by atoms with Crippen molar-refractivity contribution in [2.75, 3.05) is 58.5 Å². The molecule has 2 heterocycles. The molecule has 0 unspecified atom stereocenters. The molecule has 178 valence electrons. The molecular weight excluding hydrogens is 462 g/mol. The lowest BCUT2D eigenvalue weighted by Crippen LogP contribution is -2.43. The number of anilines is 1. The van der Waals surface area contributed by atoms with Gasteiger partial charge in [0, 0.05) is 26.2 Å². The van der Waals surface area contributed by atoms with Crippen LogP contribution in [-0.4, -0.2) is 69.4 Å². The van der Waals surface area contributed by atoms with Crippen molar-refractivity contribution in [2.24, 2.45) is 0 Å². The molecule has 7 nitrogen and oxygen atoms in total. The number of methoxy groups -OCH3 is 2. The number of aromatic nitrogens is 1. The maximum absolute atomic E-state index is 13.8. The van der Waals surface area contributed by atoms with Crippen LogP contribution >= 0.6 is 23.7 Å². The van der Waals surface area contributed by atoms with Gasteiger partial charge in [0.05, 0.1) is 43.2 Å². The highest BCUT2D eigenvalue weighted by molar-refractivity contribution is 7.22. The van der Waals surface area contributed by atoms with Gasteiger partial charge in [0.2, 0.25) is 0 Å². The first-order chi connectivity index (χ1) is 15.6. The Bertz CT molecular complexity index is 1080. The summed E-state index contributed by atoms with van der Waals surface area (Å²) in [5.74, 6) is 0.818. The van der Waals surface area contributed by atoms with Crippen molar-refractivity contribution in [3.8, 4) is 11.5 Å². The number of hydrogen-bond donors (Lipinski definition) is 0. The molecule has 9 heteroatoms. The smallest absolute Gasteiger partial charge is 0.264 e. The number of ether oxygens (including phenoxy) is 3. The molecule has 1 amide bonds. The molecular formula is C24H30ClN3O4S. The Kier molecular flexibility index (Phi) is 8.91. The molecule has 1 aliphatic rings. The standard InChI is InChI=1S/C24H29N3O4S.ClH/c1-4-17-8-9-19-21(16-17)32-24(25-19)27(11-10-26-12-14-31-15-13-26)23(28)18-6-5-7-20(29-2)22(18)30-3;/h5-9,16H,4,10-15H2,1-3H3;1H. The van der Waals surface area contributed by atoms with Crippen molar-refractivity contribution in [3.05, 3.63) is 47.5 Å². The molecule has 0 N–H and O–H groups in total. The minimum absolute atomic E-state index is 0. The Labute approximate surface area is 204 Å². The topological polar surface area (TPSA) is 64.1 Å². The maximum Gasteiger partial charge on any atom is 0.264 e. The Balaban J connectivity index is 0.00000306. The monoisotopic (exact) mass is 491 g/mol. The highest BCUT2D eigenvalue weighted by atomic mass is 35.5. The third kappa shape index (κ3) is 5.58. The van der Waals surface area contributed by atoms with Gasteiger partial charge in [0.15, 0.2) is 16.6 Å². The van der Waals surface area contributed by atoms with Gasteiger partial charge in [-0.25, -0.2) is 4.98 Å². The summed E-state index contributed by atoms with van der Waals surface area (Å²) in [7, 11) is 3.12. The van der Waals surface area contributed by atoms with E-state index in [1.807, 2.05) is 6.07 Å². The number of aryl methyl sites for hydroxylation is 1. The summed E-state index contributed by atoms with van der Waals surface area (Å²) in [6.45, 7) is 6.58. The fourth-order valence-corrected chi connectivity index (χ4v) is 4.90. The van der Waals surface area contributed by atoms with E-state index in [1.165, 1.54) is 5.56 Å². The van der Waals surface area contributed by atoms with Crippen LogP contribution in [0, 0.1) is 0 Å². The fourth-order valence-electron chi connectivity index (χ4n) is 3.84. The van der Waals surface area contributed by atoms with Gasteiger partial charge in [-0.2, -0.15) is 0 Å². The van der Waals surface area contributed by atoms with Gasteiger partial charge in [-0.1, -0.05) is 30.4 Å². The summed E-state index contributed by atoms with van der Waals surface area (Å²) in [5.41, 5.74) is 2.62. The molecule has 2 aromatic carbocycles. The van der Waals surface area contributed by atoms with Gasteiger partial charge in [-0.3, -0.25) is 14.6 Å². The molecule has 1 saturated heterocycles. The Morgan fingerprint density at radius 2 is 1.97 bits per heavy atom. The number of nitrogens with zero attached hydrogens (tertiary/aromatic N) is 3. The number of thiazole rings is 1. The van der Waals surface area contributed by atoms with Crippen molar-refractivity contribution in [1.29, 1.82) is 0 Å². The van der Waals surface area contributed by atoms with E-state index in [0.717, 1.165) is 49.5 Å². The Hall–Kier alpha value is -2.39. The van der Waals surface area contributed by atoms with E-state index in [2.05, 4.69) is 24.0 Å². The zero-order valence-corrected chi connectivity index (χ0v) is 20.8. The molecule has 0 bridgehead atoms. The van der Waals surface area contributed by atoms with E-state index >= 15 is 0 Å². The van der Waals surface area contributed by atoms with E-state index in [1.54, 1.807) is 48.7 Å². The SMILES string of the molecule is CCc1ccc2nc(N(CCN3CCOCC3)C(=O)c3cccc(OC)c3OC)sc2c1.Cl. The number of rotatable bonds is 8. The lowest BCUT2D eigenvalue weighted by atomic mass is 10.1. The molecule has 1 aromatic heterocycles. The molecule has 0 atom stereocenters. The molecule has 4 rings (SSSR count). The van der Waals surface area contributed by atoms with E-state index in [0.29, 0.717) is 28.7 Å². The molecule has 1 fully saturated rings. The zero-order valence-electron chi connectivity index (χ0n) is 19.2. The van der Waals surface area contributed by atoms with Crippen molar-refractivity contribution in [1.82, 2.24) is 9.88 Å². The van der Waals surface area contributed by atoms with Crippen LogP contribution in [0.15, 0.2) is 36.4 Å². The number of carbonyl (C=O) groups is 1. The highest BCUT2D eigenvalue weighted by Gasteiger charge is 2.26. The van der Waals surface area contributed by atoms with Crippen LogP contribution in [0.3, 0.4) is 0 Å². The lowest BCUT2D eigenvalue weighted by Gasteiger charge is -2.29. The van der Waals surface area contributed by atoms with Crippen molar-refractivity contribution < 1.29 is 19.0 Å². The normalized spacial score (nSPS) is 14.0. The summed E-state index contributed by atoms with van der Waals surface area (Å²) in [6, 6.07) is 11.7. The number of halogens is 1. The van der Waals surface area contributed by atoms with Gasteiger partial charge in [-0.15, -0.1) is 12.4 Å². The average Bonchev–Trinajstić information content (AvgIpc) is 3.26. The Morgan fingerprint density at radius 1 is 1.18 bits per heavy atom. The lowest BCUT2D eigenvalue weighted by molar-refractivity contribution is 0.0391. The molecule has 3 aromatic rings. The second-order valence-corrected chi connectivity index (χ2v) is 8.61. The fraction of sp³-hybridized carbons (Fsp3) is 0.417. The van der Waals surface area contributed by atoms with Crippen LogP contribution in [-0.2, 0) is 11.2 Å². The van der Waals surface area contributed by atoms with Gasteiger partial charge in [0.25, 0.3) is 5.91 Å². The van der Waals surface area contributed by atoms with Crippen molar-refractivity contribution in [2.45, 2.75) is 13.3 Å². The van der Waals surface area contributed by atoms with Crippen molar-refractivity contribution >= 4 is 45.0 Å². The number of benzene rings is 2. The number of amides is 1. The number of hydrogen-bond acceptors (Lipinski definition) is 7. The summed E-state index contributed by atoms with van der Waals surface area (Å²) in [5, 5.41) is 0.691. The van der Waals surface area contributed by atoms with Crippen LogP contribution < -0.4 is 14.4 Å². The second kappa shape index (κ2) is 11.7. The predicted molar refractivity (Wildman–Crippen MR) is 135 cm³/mol. The average molecular weight is 492 g/mol. The van der Waals surface area contributed by atoms with Crippen LogP contribution in [0.2, 0.25) is 0 Å². The number of para-hydroxylation sites is 1. The zero-order chi connectivity index (χ0) is 22.5. The molecule has 0 radical (unpaired) electrons. The molecule has 0 spiro atoms. The predicted octanol–water partition coefficient (Wildman–Crippen LogP) is 4.28.